The molecule has 1 aliphatic heterocycles. The van der Waals surface area contributed by atoms with Gasteiger partial charge in [-0.15, -0.1) is 0 Å². The third-order valence-electron chi connectivity index (χ3n) is 3.88. The second-order valence-corrected chi connectivity index (χ2v) is 7.55. The standard InChI is InChI=1S/C15H15F3N4O4S/c16-15(17,18)4-1-5-21-8-11(7-19-21)10-2-3-13(23)12(6-10)22-9-14(24)20-27(22,25)26/h2-3,6-8,23H,1,4-5,9H2,(H,20,24). The van der Waals surface area contributed by atoms with Crippen LogP contribution in [0.1, 0.15) is 12.8 Å². The van der Waals surface area contributed by atoms with E-state index in [0.29, 0.717) is 11.1 Å². The quantitative estimate of drug-likeness (QED) is 0.791. The highest BCUT2D eigenvalue weighted by Crippen LogP contribution is 2.34. The number of anilines is 1. The number of nitrogens with zero attached hydrogens (tertiary/aromatic N) is 3. The number of nitrogens with one attached hydrogen (secondary N) is 1. The van der Waals surface area contributed by atoms with Crippen molar-refractivity contribution in [2.75, 3.05) is 10.8 Å². The maximum Gasteiger partial charge on any atom is 0.389 e. The Balaban J connectivity index is 1.82. The highest BCUT2D eigenvalue weighted by molar-refractivity contribution is 7.92. The van der Waals surface area contributed by atoms with E-state index < -0.39 is 35.3 Å². The van der Waals surface area contributed by atoms with Crippen LogP contribution in [0.15, 0.2) is 30.6 Å². The lowest BCUT2D eigenvalue weighted by Crippen LogP contribution is -2.29. The van der Waals surface area contributed by atoms with E-state index in [2.05, 4.69) is 5.10 Å². The number of hydrogen-bond donors (Lipinski definition) is 2. The average Bonchev–Trinajstić information content (AvgIpc) is 3.10. The Bertz CT molecular complexity index is 972. The molecule has 2 heterocycles. The first kappa shape index (κ1) is 19.0. The van der Waals surface area contributed by atoms with E-state index in [9.17, 15) is 31.5 Å². The largest absolute Gasteiger partial charge is 0.506 e. The van der Waals surface area contributed by atoms with Crippen molar-refractivity contribution in [1.29, 1.82) is 0 Å². The summed E-state index contributed by atoms with van der Waals surface area (Å²) in [6.07, 6.45) is -2.32. The molecule has 2 aromatic rings. The van der Waals surface area contributed by atoms with Crippen LogP contribution in [0.5, 0.6) is 5.75 Å². The first-order valence-corrected chi connectivity index (χ1v) is 9.25. The Morgan fingerprint density at radius 1 is 1.26 bits per heavy atom. The Morgan fingerprint density at radius 3 is 2.63 bits per heavy atom. The van der Waals surface area contributed by atoms with E-state index in [1.807, 2.05) is 4.72 Å². The van der Waals surface area contributed by atoms with E-state index in [0.717, 1.165) is 4.31 Å². The first-order valence-electron chi connectivity index (χ1n) is 7.81. The van der Waals surface area contributed by atoms with Gasteiger partial charge in [0.2, 0.25) is 0 Å². The monoisotopic (exact) mass is 404 g/mol. The van der Waals surface area contributed by atoms with Crippen LogP contribution in [-0.4, -0.2) is 41.9 Å². The molecule has 1 saturated heterocycles. The fourth-order valence-electron chi connectivity index (χ4n) is 2.64. The number of phenols is 1. The minimum Gasteiger partial charge on any atom is -0.506 e. The second-order valence-electron chi connectivity index (χ2n) is 5.95. The van der Waals surface area contributed by atoms with E-state index in [1.54, 1.807) is 0 Å². The molecular formula is C15H15F3N4O4S. The van der Waals surface area contributed by atoms with E-state index >= 15 is 0 Å². The summed E-state index contributed by atoms with van der Waals surface area (Å²) in [5.41, 5.74) is 0.925. The summed E-state index contributed by atoms with van der Waals surface area (Å²) >= 11 is 0. The Kier molecular flexibility index (Phi) is 4.76. The number of alkyl halides is 3. The van der Waals surface area contributed by atoms with Crippen molar-refractivity contribution in [3.05, 3.63) is 30.6 Å². The number of carbonyl (C=O) groups is 1. The fraction of sp³-hybridized carbons (Fsp3) is 0.333. The Labute approximate surface area is 152 Å². The van der Waals surface area contributed by atoms with Gasteiger partial charge in [0.1, 0.15) is 12.3 Å². The van der Waals surface area contributed by atoms with Gasteiger partial charge in [-0.25, -0.2) is 9.03 Å². The Hall–Kier alpha value is -2.76. The maximum absolute atomic E-state index is 12.2. The van der Waals surface area contributed by atoms with Gasteiger partial charge in [0.05, 0.1) is 11.9 Å². The van der Waals surface area contributed by atoms with Crippen LogP contribution in [0.3, 0.4) is 0 Å². The van der Waals surface area contributed by atoms with Gasteiger partial charge in [0, 0.05) is 24.7 Å². The molecule has 0 atom stereocenters. The number of aromatic nitrogens is 2. The summed E-state index contributed by atoms with van der Waals surface area (Å²) in [4.78, 5) is 11.4. The van der Waals surface area contributed by atoms with Crippen LogP contribution in [0.2, 0.25) is 0 Å². The third kappa shape index (κ3) is 4.32. The predicted molar refractivity (Wildman–Crippen MR) is 89.0 cm³/mol. The minimum atomic E-state index is -4.23. The summed E-state index contributed by atoms with van der Waals surface area (Å²) in [6.45, 7) is -0.389. The van der Waals surface area contributed by atoms with Gasteiger partial charge in [-0.2, -0.15) is 26.7 Å². The van der Waals surface area contributed by atoms with Crippen molar-refractivity contribution in [1.82, 2.24) is 14.5 Å². The van der Waals surface area contributed by atoms with Crippen molar-refractivity contribution < 1.29 is 31.5 Å². The SMILES string of the molecule is O=C1CN(c2cc(-c3cnn(CCCC(F)(F)F)c3)ccc2O)S(=O)(=O)N1. The molecule has 3 rings (SSSR count). The summed E-state index contributed by atoms with van der Waals surface area (Å²) in [7, 11) is -4.09. The molecule has 1 aromatic carbocycles. The molecule has 0 saturated carbocycles. The van der Waals surface area contributed by atoms with Crippen molar-refractivity contribution in [3.8, 4) is 16.9 Å². The van der Waals surface area contributed by atoms with Gasteiger partial charge in [0.25, 0.3) is 5.91 Å². The third-order valence-corrected chi connectivity index (χ3v) is 5.27. The number of halogens is 3. The molecule has 1 fully saturated rings. The van der Waals surface area contributed by atoms with Crippen molar-refractivity contribution in [3.63, 3.8) is 0 Å². The number of rotatable bonds is 5. The predicted octanol–water partition coefficient (Wildman–Crippen LogP) is 1.78. The van der Waals surface area contributed by atoms with Crippen LogP contribution in [0.4, 0.5) is 18.9 Å². The molecule has 27 heavy (non-hydrogen) atoms. The van der Waals surface area contributed by atoms with Gasteiger partial charge >= 0.3 is 16.4 Å². The van der Waals surface area contributed by atoms with Crippen molar-refractivity contribution in [2.24, 2.45) is 0 Å². The van der Waals surface area contributed by atoms with Crippen LogP contribution in [-0.2, 0) is 21.5 Å². The zero-order chi connectivity index (χ0) is 19.8. The molecule has 146 valence electrons. The number of benzene rings is 1. The highest BCUT2D eigenvalue weighted by atomic mass is 32.2. The number of aromatic hydroxyl groups is 1. The lowest BCUT2D eigenvalue weighted by Gasteiger charge is -2.16. The molecule has 1 aliphatic rings. The summed E-state index contributed by atoms with van der Waals surface area (Å²) < 4.78 is 64.4. The Morgan fingerprint density at radius 2 is 2.00 bits per heavy atom. The lowest BCUT2D eigenvalue weighted by atomic mass is 10.1. The summed E-state index contributed by atoms with van der Waals surface area (Å²) in [5.74, 6) is -1.06. The van der Waals surface area contributed by atoms with E-state index in [-0.39, 0.29) is 24.4 Å². The normalized spacial score (nSPS) is 16.6. The second kappa shape index (κ2) is 6.76. The van der Waals surface area contributed by atoms with Gasteiger partial charge in [-0.3, -0.25) is 9.48 Å². The maximum atomic E-state index is 12.2. The highest BCUT2D eigenvalue weighted by Gasteiger charge is 2.35. The molecule has 0 unspecified atom stereocenters. The molecular weight excluding hydrogens is 389 g/mol. The molecule has 12 heteroatoms. The van der Waals surface area contributed by atoms with Gasteiger partial charge in [-0.1, -0.05) is 6.07 Å². The fourth-order valence-corrected chi connectivity index (χ4v) is 3.80. The molecule has 0 aliphatic carbocycles. The molecule has 0 bridgehead atoms. The van der Waals surface area contributed by atoms with Gasteiger partial charge < -0.3 is 5.11 Å². The molecule has 1 amide bonds. The molecule has 0 radical (unpaired) electrons. The van der Waals surface area contributed by atoms with Gasteiger partial charge in [0.15, 0.2) is 0 Å². The summed E-state index contributed by atoms with van der Waals surface area (Å²) in [5, 5.41) is 14.0. The van der Waals surface area contributed by atoms with Crippen LogP contribution < -0.4 is 9.03 Å². The number of aryl methyl sites for hydroxylation is 1. The van der Waals surface area contributed by atoms with Crippen LogP contribution >= 0.6 is 0 Å². The number of carbonyl (C=O) groups excluding carboxylic acids is 1. The van der Waals surface area contributed by atoms with Crippen LogP contribution in [0, 0.1) is 0 Å². The zero-order valence-corrected chi connectivity index (χ0v) is 14.6. The number of hydrogen-bond acceptors (Lipinski definition) is 5. The molecule has 2 N–H and O–H groups in total. The average molecular weight is 404 g/mol. The zero-order valence-electron chi connectivity index (χ0n) is 13.8. The first-order chi connectivity index (χ1) is 12.5. The lowest BCUT2D eigenvalue weighted by molar-refractivity contribution is -0.136. The van der Waals surface area contributed by atoms with Crippen molar-refractivity contribution in [2.45, 2.75) is 25.6 Å². The van der Waals surface area contributed by atoms with Gasteiger partial charge in [-0.05, 0) is 24.1 Å². The molecule has 8 nitrogen and oxygen atoms in total. The topological polar surface area (TPSA) is 105 Å². The smallest absolute Gasteiger partial charge is 0.389 e. The van der Waals surface area contributed by atoms with Crippen LogP contribution in [0.25, 0.3) is 11.1 Å². The number of amides is 1. The minimum absolute atomic E-state index is 0.0728. The van der Waals surface area contributed by atoms with Crippen molar-refractivity contribution >= 4 is 21.8 Å². The van der Waals surface area contributed by atoms with E-state index in [1.165, 1.54) is 35.3 Å². The van der Waals surface area contributed by atoms with E-state index in [4.69, 9.17) is 0 Å². The summed E-state index contributed by atoms with van der Waals surface area (Å²) in [6, 6.07) is 4.14. The number of phenolic OH excluding ortho intramolecular Hbond substituents is 1. The molecule has 1 aromatic heterocycles. The molecule has 0 spiro atoms.